The average Bonchev–Trinajstić information content (AvgIpc) is 2.81. The first-order valence-electron chi connectivity index (χ1n) is 6.34. The Morgan fingerprint density at radius 1 is 1.43 bits per heavy atom. The number of aryl methyl sites for hydroxylation is 2. The largest absolute Gasteiger partial charge is 0.468 e. The van der Waals surface area contributed by atoms with Crippen LogP contribution in [0.4, 0.5) is 0 Å². The molecule has 0 aliphatic heterocycles. The van der Waals surface area contributed by atoms with Gasteiger partial charge in [-0.2, -0.15) is 0 Å². The Labute approximate surface area is 119 Å². The van der Waals surface area contributed by atoms with Gasteiger partial charge in [-0.05, 0) is 25.5 Å². The second-order valence-electron chi connectivity index (χ2n) is 4.79. The second-order valence-corrected chi connectivity index (χ2v) is 4.79. The van der Waals surface area contributed by atoms with E-state index in [0.717, 1.165) is 21.2 Å². The molecule has 0 aliphatic carbocycles. The molecule has 0 aromatic carbocycles. The van der Waals surface area contributed by atoms with Gasteiger partial charge in [0.15, 0.2) is 0 Å². The molecule has 3 aromatic rings. The van der Waals surface area contributed by atoms with E-state index in [1.807, 2.05) is 19.9 Å². The molecule has 0 radical (unpaired) electrons. The van der Waals surface area contributed by atoms with Crippen LogP contribution in [-0.4, -0.2) is 27.6 Å². The Hall–Kier alpha value is -2.70. The van der Waals surface area contributed by atoms with Crippen molar-refractivity contribution in [1.29, 1.82) is 0 Å². The topological polar surface area (TPSA) is 87.2 Å². The summed E-state index contributed by atoms with van der Waals surface area (Å²) in [6.45, 7) is 3.55. The average molecular weight is 287 g/mol. The van der Waals surface area contributed by atoms with Gasteiger partial charge in [-0.3, -0.25) is 14.2 Å². The van der Waals surface area contributed by atoms with Crippen LogP contribution in [0.25, 0.3) is 22.2 Å². The molecular formula is C14H13N3O4. The van der Waals surface area contributed by atoms with E-state index in [-0.39, 0.29) is 12.1 Å². The Morgan fingerprint density at radius 3 is 2.90 bits per heavy atom. The number of carbonyl (C=O) groups is 1. The zero-order valence-electron chi connectivity index (χ0n) is 11.8. The van der Waals surface area contributed by atoms with Crippen LogP contribution >= 0.6 is 0 Å². The number of carbonyl (C=O) groups excluding carboxylic acids is 1. The molecule has 0 saturated carbocycles. The molecule has 0 aliphatic rings. The maximum absolute atomic E-state index is 12.3. The van der Waals surface area contributed by atoms with Crippen molar-refractivity contribution in [3.63, 3.8) is 0 Å². The Bertz CT molecular complexity index is 923. The SMILES string of the molecule is COC(=O)Cn1cnc2c(oc3nc(C)cc(C)c32)c1=O. The van der Waals surface area contributed by atoms with Crippen molar-refractivity contribution >= 4 is 28.2 Å². The summed E-state index contributed by atoms with van der Waals surface area (Å²) >= 11 is 0. The quantitative estimate of drug-likeness (QED) is 0.661. The third kappa shape index (κ3) is 2.06. The molecule has 0 spiro atoms. The van der Waals surface area contributed by atoms with E-state index in [0.29, 0.717) is 11.2 Å². The van der Waals surface area contributed by atoms with Crippen molar-refractivity contribution in [1.82, 2.24) is 14.5 Å². The lowest BCUT2D eigenvalue weighted by Gasteiger charge is -2.02. The number of pyridine rings is 1. The fraction of sp³-hybridized carbons (Fsp3) is 0.286. The predicted molar refractivity (Wildman–Crippen MR) is 75.1 cm³/mol. The summed E-state index contributed by atoms with van der Waals surface area (Å²) in [5.41, 5.74) is 2.24. The number of methoxy groups -OCH3 is 1. The molecule has 0 saturated heterocycles. The summed E-state index contributed by atoms with van der Waals surface area (Å²) in [7, 11) is 1.26. The summed E-state index contributed by atoms with van der Waals surface area (Å²) in [6, 6.07) is 1.90. The number of aromatic nitrogens is 3. The molecule has 3 aromatic heterocycles. The fourth-order valence-corrected chi connectivity index (χ4v) is 2.32. The number of ether oxygens (including phenoxy) is 1. The van der Waals surface area contributed by atoms with E-state index >= 15 is 0 Å². The van der Waals surface area contributed by atoms with Gasteiger partial charge in [0, 0.05) is 5.69 Å². The molecule has 7 heteroatoms. The minimum atomic E-state index is -0.528. The number of hydrogen-bond donors (Lipinski definition) is 0. The third-order valence-corrected chi connectivity index (χ3v) is 3.27. The molecule has 0 amide bonds. The van der Waals surface area contributed by atoms with Crippen molar-refractivity contribution in [3.8, 4) is 0 Å². The van der Waals surface area contributed by atoms with Crippen LogP contribution in [0.1, 0.15) is 11.3 Å². The molecule has 108 valence electrons. The monoisotopic (exact) mass is 287 g/mol. The van der Waals surface area contributed by atoms with Crippen molar-refractivity contribution in [2.24, 2.45) is 0 Å². The smallest absolute Gasteiger partial charge is 0.325 e. The molecule has 21 heavy (non-hydrogen) atoms. The molecule has 0 atom stereocenters. The van der Waals surface area contributed by atoms with Gasteiger partial charge in [0.05, 0.1) is 18.8 Å². The van der Waals surface area contributed by atoms with E-state index in [1.54, 1.807) is 0 Å². The van der Waals surface area contributed by atoms with Crippen LogP contribution < -0.4 is 5.56 Å². The number of furan rings is 1. The lowest BCUT2D eigenvalue weighted by molar-refractivity contribution is -0.141. The van der Waals surface area contributed by atoms with Gasteiger partial charge >= 0.3 is 5.97 Å². The van der Waals surface area contributed by atoms with Crippen molar-refractivity contribution in [2.45, 2.75) is 20.4 Å². The molecule has 0 bridgehead atoms. The Kier molecular flexibility index (Phi) is 2.97. The van der Waals surface area contributed by atoms with Gasteiger partial charge in [-0.25, -0.2) is 9.97 Å². The van der Waals surface area contributed by atoms with Gasteiger partial charge in [0.25, 0.3) is 5.56 Å². The van der Waals surface area contributed by atoms with Crippen LogP contribution in [0, 0.1) is 13.8 Å². The highest BCUT2D eigenvalue weighted by Gasteiger charge is 2.17. The maximum Gasteiger partial charge on any atom is 0.325 e. The normalized spacial score (nSPS) is 11.2. The lowest BCUT2D eigenvalue weighted by Crippen LogP contribution is -2.24. The number of hydrogen-bond acceptors (Lipinski definition) is 6. The Balaban J connectivity index is 2.30. The molecule has 3 rings (SSSR count). The highest BCUT2D eigenvalue weighted by Crippen LogP contribution is 2.26. The molecular weight excluding hydrogens is 274 g/mol. The van der Waals surface area contributed by atoms with Crippen LogP contribution in [0.15, 0.2) is 21.6 Å². The molecule has 0 unspecified atom stereocenters. The number of esters is 1. The van der Waals surface area contributed by atoms with E-state index in [2.05, 4.69) is 14.7 Å². The molecule has 3 heterocycles. The lowest BCUT2D eigenvalue weighted by atomic mass is 10.1. The van der Waals surface area contributed by atoms with E-state index in [9.17, 15) is 9.59 Å². The molecule has 0 N–H and O–H groups in total. The van der Waals surface area contributed by atoms with Crippen molar-refractivity contribution < 1.29 is 13.9 Å². The highest BCUT2D eigenvalue weighted by molar-refractivity contribution is 6.02. The zero-order chi connectivity index (χ0) is 15.1. The Morgan fingerprint density at radius 2 is 2.19 bits per heavy atom. The number of fused-ring (bicyclic) bond motifs is 3. The third-order valence-electron chi connectivity index (χ3n) is 3.27. The van der Waals surface area contributed by atoms with E-state index in [4.69, 9.17) is 4.42 Å². The van der Waals surface area contributed by atoms with Crippen LogP contribution in [-0.2, 0) is 16.1 Å². The van der Waals surface area contributed by atoms with Gasteiger partial charge in [-0.15, -0.1) is 0 Å². The summed E-state index contributed by atoms with van der Waals surface area (Å²) in [6.07, 6.45) is 1.32. The van der Waals surface area contributed by atoms with Crippen molar-refractivity contribution in [3.05, 3.63) is 34.0 Å². The standard InChI is InChI=1S/C14H13N3O4/c1-7-4-8(2)16-13-10(7)11-12(21-13)14(19)17(6-15-11)5-9(18)20-3/h4,6H,5H2,1-3H3. The maximum atomic E-state index is 12.3. The number of nitrogens with zero attached hydrogens (tertiary/aromatic N) is 3. The minimum Gasteiger partial charge on any atom is -0.468 e. The van der Waals surface area contributed by atoms with Crippen LogP contribution in [0.5, 0.6) is 0 Å². The summed E-state index contributed by atoms with van der Waals surface area (Å²) < 4.78 is 11.2. The van der Waals surface area contributed by atoms with Gasteiger partial charge in [-0.1, -0.05) is 0 Å². The van der Waals surface area contributed by atoms with Crippen LogP contribution in [0.3, 0.4) is 0 Å². The van der Waals surface area contributed by atoms with Gasteiger partial charge in [0.2, 0.25) is 11.3 Å². The van der Waals surface area contributed by atoms with Crippen LogP contribution in [0.2, 0.25) is 0 Å². The summed E-state index contributed by atoms with van der Waals surface area (Å²) in [5, 5.41) is 0.720. The number of rotatable bonds is 2. The fourth-order valence-electron chi connectivity index (χ4n) is 2.32. The molecule has 0 fully saturated rings. The van der Waals surface area contributed by atoms with Crippen molar-refractivity contribution in [2.75, 3.05) is 7.11 Å². The minimum absolute atomic E-state index is 0.0950. The van der Waals surface area contributed by atoms with E-state index < -0.39 is 11.5 Å². The summed E-state index contributed by atoms with van der Waals surface area (Å²) in [4.78, 5) is 32.1. The predicted octanol–water partition coefficient (Wildman–Crippen LogP) is 1.33. The zero-order valence-corrected chi connectivity index (χ0v) is 11.8. The first kappa shape index (κ1) is 13.3. The highest BCUT2D eigenvalue weighted by atomic mass is 16.5. The van der Waals surface area contributed by atoms with E-state index in [1.165, 1.54) is 13.4 Å². The van der Waals surface area contributed by atoms with Gasteiger partial charge in [0.1, 0.15) is 12.1 Å². The summed E-state index contributed by atoms with van der Waals surface area (Å²) in [5.74, 6) is -0.528. The first-order valence-corrected chi connectivity index (χ1v) is 6.34. The first-order chi connectivity index (χ1) is 10.0. The molecule has 7 nitrogen and oxygen atoms in total. The second kappa shape index (κ2) is 4.69. The van der Waals surface area contributed by atoms with Gasteiger partial charge < -0.3 is 9.15 Å².